The minimum absolute atomic E-state index is 0.0591. The van der Waals surface area contributed by atoms with Crippen LogP contribution >= 0.6 is 15.9 Å². The van der Waals surface area contributed by atoms with Gasteiger partial charge in [-0.15, -0.1) is 0 Å². The number of carboxylic acids is 1. The average molecular weight is 386 g/mol. The van der Waals surface area contributed by atoms with Crippen LogP contribution in [0.5, 0.6) is 0 Å². The molecule has 2 atom stereocenters. The van der Waals surface area contributed by atoms with Crippen LogP contribution in [0.1, 0.15) is 37.2 Å². The third-order valence-electron chi connectivity index (χ3n) is 4.49. The number of aliphatic carboxylic acids is 1. The van der Waals surface area contributed by atoms with E-state index < -0.39 is 18.2 Å². The minimum atomic E-state index is -1.02. The molecule has 1 aliphatic heterocycles. The molecule has 5 nitrogen and oxygen atoms in total. The molecule has 1 saturated carbocycles. The molecule has 2 aliphatic rings. The van der Waals surface area contributed by atoms with E-state index in [2.05, 4.69) is 21.2 Å². The topological polar surface area (TPSA) is 75.6 Å². The summed E-state index contributed by atoms with van der Waals surface area (Å²) in [6, 6.07) is 5.03. The molecule has 3 rings (SSSR count). The fraction of sp³-hybridized carbons (Fsp3) is 0.500. The summed E-state index contributed by atoms with van der Waals surface area (Å²) in [6.45, 7) is 0. The van der Waals surface area contributed by atoms with E-state index in [1.807, 2.05) is 0 Å². The molecule has 23 heavy (non-hydrogen) atoms. The fourth-order valence-corrected chi connectivity index (χ4v) is 3.48. The summed E-state index contributed by atoms with van der Waals surface area (Å²) in [4.78, 5) is 22.9. The van der Waals surface area contributed by atoms with Crippen LogP contribution in [-0.2, 0) is 14.3 Å². The first-order chi connectivity index (χ1) is 10.9. The summed E-state index contributed by atoms with van der Waals surface area (Å²) in [7, 11) is 0. The molecule has 1 heterocycles. The lowest BCUT2D eigenvalue weighted by Gasteiger charge is -2.36. The number of nitrogens with one attached hydrogen (secondary N) is 1. The number of hydrogen-bond acceptors (Lipinski definition) is 3. The van der Waals surface area contributed by atoms with Gasteiger partial charge < -0.3 is 15.2 Å². The summed E-state index contributed by atoms with van der Waals surface area (Å²) in [5, 5.41) is 11.8. The van der Waals surface area contributed by atoms with E-state index >= 15 is 0 Å². The number of carbonyl (C=O) groups is 2. The molecule has 7 heteroatoms. The van der Waals surface area contributed by atoms with Crippen molar-refractivity contribution in [2.75, 3.05) is 0 Å². The Labute approximate surface area is 141 Å². The van der Waals surface area contributed by atoms with Gasteiger partial charge in [-0.25, -0.2) is 9.18 Å². The van der Waals surface area contributed by atoms with E-state index in [1.165, 1.54) is 6.07 Å². The smallest absolute Gasteiger partial charge is 0.332 e. The van der Waals surface area contributed by atoms with Crippen LogP contribution in [0.2, 0.25) is 0 Å². The second kappa shape index (κ2) is 6.57. The molecule has 0 unspecified atom stereocenters. The molecule has 0 bridgehead atoms. The number of ether oxygens (including phenoxy) is 1. The van der Waals surface area contributed by atoms with E-state index in [4.69, 9.17) is 9.84 Å². The van der Waals surface area contributed by atoms with Crippen molar-refractivity contribution in [3.8, 4) is 0 Å². The van der Waals surface area contributed by atoms with E-state index in [1.54, 1.807) is 12.1 Å². The molecule has 2 N–H and O–H groups in total. The predicted molar refractivity (Wildman–Crippen MR) is 83.5 cm³/mol. The van der Waals surface area contributed by atoms with Crippen LogP contribution in [-0.4, -0.2) is 35.2 Å². The van der Waals surface area contributed by atoms with Crippen LogP contribution in [0.15, 0.2) is 22.7 Å². The lowest BCUT2D eigenvalue weighted by Crippen LogP contribution is -2.47. The molecule has 124 valence electrons. The Kier molecular flexibility index (Phi) is 4.68. The molecule has 1 saturated heterocycles. The Morgan fingerprint density at radius 3 is 2.57 bits per heavy atom. The average Bonchev–Trinajstić information content (AvgIpc) is 2.95. The Morgan fingerprint density at radius 2 is 1.96 bits per heavy atom. The number of amides is 1. The second-order valence-corrected chi connectivity index (χ2v) is 6.93. The largest absolute Gasteiger partial charge is 0.479 e. The van der Waals surface area contributed by atoms with E-state index in [9.17, 15) is 14.0 Å². The van der Waals surface area contributed by atoms with Crippen LogP contribution < -0.4 is 5.32 Å². The van der Waals surface area contributed by atoms with Gasteiger partial charge in [-0.05, 0) is 65.2 Å². The SMILES string of the molecule is O=C(NC1CC(c2ccc(F)c(Br)c2)C1)[C@@H]1CC[C@H](C(=O)O)O1. The van der Waals surface area contributed by atoms with Crippen molar-refractivity contribution >= 4 is 27.8 Å². The second-order valence-electron chi connectivity index (χ2n) is 6.08. The van der Waals surface area contributed by atoms with Gasteiger partial charge in [0.2, 0.25) is 5.91 Å². The number of hydrogen-bond donors (Lipinski definition) is 2. The van der Waals surface area contributed by atoms with Gasteiger partial charge in [0.05, 0.1) is 4.47 Å². The number of benzene rings is 1. The third kappa shape index (κ3) is 3.55. The zero-order valence-corrected chi connectivity index (χ0v) is 13.9. The highest BCUT2D eigenvalue weighted by Gasteiger charge is 2.38. The summed E-state index contributed by atoms with van der Waals surface area (Å²) >= 11 is 3.18. The van der Waals surface area contributed by atoms with Gasteiger partial charge in [-0.2, -0.15) is 0 Å². The summed E-state index contributed by atoms with van der Waals surface area (Å²) in [5.41, 5.74) is 1.05. The van der Waals surface area contributed by atoms with Crippen LogP contribution in [0.25, 0.3) is 0 Å². The highest BCUT2D eigenvalue weighted by molar-refractivity contribution is 9.10. The molecule has 0 spiro atoms. The van der Waals surface area contributed by atoms with Crippen molar-refractivity contribution in [1.82, 2.24) is 5.32 Å². The van der Waals surface area contributed by atoms with E-state index in [-0.39, 0.29) is 17.8 Å². The van der Waals surface area contributed by atoms with E-state index in [0.717, 1.165) is 18.4 Å². The molecular formula is C16H17BrFNO4. The van der Waals surface area contributed by atoms with E-state index in [0.29, 0.717) is 23.2 Å². The maximum absolute atomic E-state index is 13.2. The van der Waals surface area contributed by atoms with Crippen LogP contribution in [0, 0.1) is 5.82 Å². The first-order valence-electron chi connectivity index (χ1n) is 7.57. The van der Waals surface area contributed by atoms with Crippen LogP contribution in [0.4, 0.5) is 4.39 Å². The van der Waals surface area contributed by atoms with Gasteiger partial charge in [-0.1, -0.05) is 6.07 Å². The maximum Gasteiger partial charge on any atom is 0.332 e. The third-order valence-corrected chi connectivity index (χ3v) is 5.09. The monoisotopic (exact) mass is 385 g/mol. The maximum atomic E-state index is 13.2. The molecule has 1 amide bonds. The molecule has 0 radical (unpaired) electrons. The first kappa shape index (κ1) is 16.4. The number of rotatable bonds is 4. The highest BCUT2D eigenvalue weighted by Crippen LogP contribution is 2.38. The fourth-order valence-electron chi connectivity index (χ4n) is 3.08. The van der Waals surface area contributed by atoms with Gasteiger partial charge in [0, 0.05) is 6.04 Å². The van der Waals surface area contributed by atoms with Crippen molar-refractivity contribution in [3.63, 3.8) is 0 Å². The normalized spacial score (nSPS) is 29.8. The molecule has 1 aromatic carbocycles. The number of halogens is 2. The molecule has 0 aromatic heterocycles. The van der Waals surface area contributed by atoms with Crippen molar-refractivity contribution in [2.24, 2.45) is 0 Å². The summed E-state index contributed by atoms with van der Waals surface area (Å²) in [5.74, 6) is -1.25. The zero-order chi connectivity index (χ0) is 16.6. The zero-order valence-electron chi connectivity index (χ0n) is 12.3. The van der Waals surface area contributed by atoms with Gasteiger partial charge in [0.15, 0.2) is 6.10 Å². The Bertz CT molecular complexity index is 633. The summed E-state index contributed by atoms with van der Waals surface area (Å²) < 4.78 is 18.9. The molecule has 1 aromatic rings. The lowest BCUT2D eigenvalue weighted by molar-refractivity contribution is -0.152. The summed E-state index contributed by atoms with van der Waals surface area (Å²) in [6.07, 6.45) is 0.831. The minimum Gasteiger partial charge on any atom is -0.479 e. The van der Waals surface area contributed by atoms with Gasteiger partial charge in [0.1, 0.15) is 11.9 Å². The van der Waals surface area contributed by atoms with Crippen molar-refractivity contribution in [3.05, 3.63) is 34.1 Å². The Morgan fingerprint density at radius 1 is 1.26 bits per heavy atom. The molecule has 2 fully saturated rings. The van der Waals surface area contributed by atoms with Crippen LogP contribution in [0.3, 0.4) is 0 Å². The standard InChI is InChI=1S/C16H17BrFNO4/c17-11-7-8(1-2-12(11)18)9-5-10(6-9)19-15(20)13-3-4-14(23-13)16(21)22/h1-2,7,9-10,13-14H,3-6H2,(H,19,20)(H,21,22)/t9?,10?,13-,14+/m0/s1. The lowest BCUT2D eigenvalue weighted by atomic mass is 9.76. The molecular weight excluding hydrogens is 369 g/mol. The van der Waals surface area contributed by atoms with Crippen molar-refractivity contribution < 1.29 is 23.8 Å². The van der Waals surface area contributed by atoms with Crippen molar-refractivity contribution in [2.45, 2.75) is 49.9 Å². The van der Waals surface area contributed by atoms with Gasteiger partial charge in [-0.3, -0.25) is 4.79 Å². The first-order valence-corrected chi connectivity index (χ1v) is 8.37. The van der Waals surface area contributed by atoms with Gasteiger partial charge >= 0.3 is 5.97 Å². The number of carbonyl (C=O) groups excluding carboxylic acids is 1. The predicted octanol–water partition coefficient (Wildman–Crippen LogP) is 2.58. The number of carboxylic acid groups (broad SMARTS) is 1. The molecule has 1 aliphatic carbocycles. The highest BCUT2D eigenvalue weighted by atomic mass is 79.9. The Hall–Kier alpha value is -1.47. The van der Waals surface area contributed by atoms with Gasteiger partial charge in [0.25, 0.3) is 0 Å². The van der Waals surface area contributed by atoms with Crippen molar-refractivity contribution in [1.29, 1.82) is 0 Å². The quantitative estimate of drug-likeness (QED) is 0.834. The Balaban J connectivity index is 1.47.